The van der Waals surface area contributed by atoms with Crippen LogP contribution in [-0.2, 0) is 0 Å². The lowest BCUT2D eigenvalue weighted by atomic mass is 10.1. The van der Waals surface area contributed by atoms with Crippen LogP contribution in [-0.4, -0.2) is 20.5 Å². The van der Waals surface area contributed by atoms with Crippen LogP contribution in [0.25, 0.3) is 16.9 Å². The van der Waals surface area contributed by atoms with Crippen molar-refractivity contribution in [2.75, 3.05) is 5.32 Å². The predicted octanol–water partition coefficient (Wildman–Crippen LogP) is 4.70. The number of rotatable bonds is 4. The van der Waals surface area contributed by atoms with E-state index in [0.29, 0.717) is 22.2 Å². The number of benzene rings is 2. The van der Waals surface area contributed by atoms with Crippen LogP contribution in [0.15, 0.2) is 71.9 Å². The van der Waals surface area contributed by atoms with Gasteiger partial charge in [0.2, 0.25) is 0 Å². The third kappa shape index (κ3) is 3.40. The van der Waals surface area contributed by atoms with E-state index in [4.69, 9.17) is 11.6 Å². The summed E-state index contributed by atoms with van der Waals surface area (Å²) in [5, 5.41) is 10.5. The zero-order chi connectivity index (χ0) is 18.8. The zero-order valence-electron chi connectivity index (χ0n) is 13.8. The number of fused-ring (bicyclic) bond motifs is 1. The maximum absolute atomic E-state index is 11.6. The molecule has 2 heterocycles. The number of carbonyl (C=O) groups excluding carboxylic acids is 1. The minimum absolute atomic E-state index is 0.0677. The van der Waals surface area contributed by atoms with Gasteiger partial charge in [-0.25, -0.2) is 4.98 Å². The average Bonchev–Trinajstić information content (AvgIpc) is 3.13. The minimum Gasteiger partial charge on any atom is -0.340 e. The number of carbonyl (C=O) groups is 1. The van der Waals surface area contributed by atoms with E-state index < -0.39 is 5.91 Å². The quantitative estimate of drug-likeness (QED) is 0.521. The fourth-order valence-electron chi connectivity index (χ4n) is 2.65. The standard InChI is InChI=1S/C19H12ClN5O2/c20-13-8-6-12(7-9-13)15-10-17(21-14-4-2-1-3-5-14)25-18(22-15)11-16(23-25)19(26)24-27/h1-11,21H. The van der Waals surface area contributed by atoms with Gasteiger partial charge < -0.3 is 5.32 Å². The average molecular weight is 378 g/mol. The number of nitroso groups, excluding NO2 is 1. The lowest BCUT2D eigenvalue weighted by Gasteiger charge is -2.10. The summed E-state index contributed by atoms with van der Waals surface area (Å²) in [5.41, 5.74) is 2.69. The highest BCUT2D eigenvalue weighted by Crippen LogP contribution is 2.26. The van der Waals surface area contributed by atoms with E-state index in [2.05, 4.69) is 20.6 Å². The molecule has 0 spiro atoms. The van der Waals surface area contributed by atoms with Crippen LogP contribution in [0.4, 0.5) is 11.5 Å². The summed E-state index contributed by atoms with van der Waals surface area (Å²) in [6.45, 7) is 0. The highest BCUT2D eigenvalue weighted by molar-refractivity contribution is 6.30. The SMILES string of the molecule is O=NC(=O)c1cc2nc(-c3ccc(Cl)cc3)cc(Nc3ccccc3)n2n1. The summed E-state index contributed by atoms with van der Waals surface area (Å²) >= 11 is 5.96. The lowest BCUT2D eigenvalue weighted by Crippen LogP contribution is -2.03. The smallest absolute Gasteiger partial charge is 0.336 e. The van der Waals surface area contributed by atoms with Crippen molar-refractivity contribution in [1.29, 1.82) is 0 Å². The second-order valence-electron chi connectivity index (χ2n) is 5.72. The largest absolute Gasteiger partial charge is 0.340 e. The van der Waals surface area contributed by atoms with Crippen LogP contribution in [0.2, 0.25) is 5.02 Å². The van der Waals surface area contributed by atoms with E-state index in [9.17, 15) is 9.70 Å². The summed E-state index contributed by atoms with van der Waals surface area (Å²) in [5.74, 6) is -0.361. The Balaban J connectivity index is 1.88. The molecule has 132 valence electrons. The van der Waals surface area contributed by atoms with Crippen molar-refractivity contribution in [3.8, 4) is 11.3 Å². The Morgan fingerprint density at radius 2 is 1.78 bits per heavy atom. The molecular weight excluding hydrogens is 366 g/mol. The molecule has 0 bridgehead atoms. The van der Waals surface area contributed by atoms with E-state index in [-0.39, 0.29) is 5.69 Å². The van der Waals surface area contributed by atoms with Crippen LogP contribution < -0.4 is 5.32 Å². The van der Waals surface area contributed by atoms with Crippen molar-refractivity contribution in [3.63, 3.8) is 0 Å². The van der Waals surface area contributed by atoms with Gasteiger partial charge in [0.25, 0.3) is 0 Å². The van der Waals surface area contributed by atoms with Crippen molar-refractivity contribution in [3.05, 3.63) is 82.4 Å². The van der Waals surface area contributed by atoms with Gasteiger partial charge in [-0.3, -0.25) is 4.79 Å². The highest BCUT2D eigenvalue weighted by atomic mass is 35.5. The second kappa shape index (κ2) is 6.97. The molecule has 7 nitrogen and oxygen atoms in total. The molecule has 2 aromatic carbocycles. The number of nitrogens with one attached hydrogen (secondary N) is 1. The van der Waals surface area contributed by atoms with Crippen molar-refractivity contribution < 1.29 is 4.79 Å². The fraction of sp³-hybridized carbons (Fsp3) is 0. The second-order valence-corrected chi connectivity index (χ2v) is 6.16. The third-order valence-electron chi connectivity index (χ3n) is 3.92. The van der Waals surface area contributed by atoms with Crippen molar-refractivity contribution >= 4 is 34.7 Å². The van der Waals surface area contributed by atoms with Gasteiger partial charge in [0.1, 0.15) is 5.82 Å². The molecule has 0 atom stereocenters. The first-order valence-electron chi connectivity index (χ1n) is 8.00. The molecule has 0 unspecified atom stereocenters. The van der Waals surface area contributed by atoms with E-state index >= 15 is 0 Å². The summed E-state index contributed by atoms with van der Waals surface area (Å²) in [7, 11) is 0. The number of hydrogen-bond donors (Lipinski definition) is 1. The lowest BCUT2D eigenvalue weighted by molar-refractivity contribution is 0.0996. The molecule has 1 amide bonds. The normalized spacial score (nSPS) is 10.7. The van der Waals surface area contributed by atoms with Crippen LogP contribution in [0.1, 0.15) is 10.5 Å². The van der Waals surface area contributed by atoms with Gasteiger partial charge in [0, 0.05) is 33.6 Å². The molecule has 2 aromatic heterocycles. The Morgan fingerprint density at radius 1 is 1.04 bits per heavy atom. The van der Waals surface area contributed by atoms with Crippen LogP contribution in [0.5, 0.6) is 0 Å². The Hall–Kier alpha value is -3.58. The molecule has 0 saturated heterocycles. The molecule has 0 saturated carbocycles. The van der Waals surface area contributed by atoms with Crippen LogP contribution >= 0.6 is 11.6 Å². The zero-order valence-corrected chi connectivity index (χ0v) is 14.6. The third-order valence-corrected chi connectivity index (χ3v) is 4.17. The molecule has 1 N–H and O–H groups in total. The Kier molecular flexibility index (Phi) is 4.35. The van der Waals surface area contributed by atoms with E-state index in [1.165, 1.54) is 10.6 Å². The molecule has 8 heteroatoms. The Labute approximate surface area is 158 Å². The first kappa shape index (κ1) is 16.9. The number of nitrogens with zero attached hydrogens (tertiary/aromatic N) is 4. The molecule has 4 aromatic rings. The summed E-state index contributed by atoms with van der Waals surface area (Å²) in [6, 6.07) is 20.0. The topological polar surface area (TPSA) is 88.7 Å². The van der Waals surface area contributed by atoms with Gasteiger partial charge in [0.05, 0.1) is 5.69 Å². The highest BCUT2D eigenvalue weighted by Gasteiger charge is 2.16. The fourth-order valence-corrected chi connectivity index (χ4v) is 2.78. The van der Waals surface area contributed by atoms with Gasteiger partial charge in [-0.2, -0.15) is 9.61 Å². The predicted molar refractivity (Wildman–Crippen MR) is 103 cm³/mol. The summed E-state index contributed by atoms with van der Waals surface area (Å²) in [4.78, 5) is 26.7. The number of amides is 1. The van der Waals surface area contributed by atoms with Gasteiger partial charge >= 0.3 is 5.91 Å². The number of hydrogen-bond acceptors (Lipinski definition) is 5. The first-order valence-corrected chi connectivity index (χ1v) is 8.38. The van der Waals surface area contributed by atoms with Gasteiger partial charge in [0.15, 0.2) is 11.3 Å². The molecular formula is C19H12ClN5O2. The number of halogens is 1. The van der Waals surface area contributed by atoms with Crippen molar-refractivity contribution in [2.24, 2.45) is 5.18 Å². The monoisotopic (exact) mass is 377 g/mol. The minimum atomic E-state index is -0.945. The molecule has 0 fully saturated rings. The van der Waals surface area contributed by atoms with Crippen LogP contribution in [0, 0.1) is 4.91 Å². The molecule has 27 heavy (non-hydrogen) atoms. The van der Waals surface area contributed by atoms with Crippen molar-refractivity contribution in [2.45, 2.75) is 0 Å². The molecule has 4 rings (SSSR count). The van der Waals surface area contributed by atoms with Gasteiger partial charge in [-0.1, -0.05) is 41.9 Å². The first-order chi connectivity index (χ1) is 13.1. The van der Waals surface area contributed by atoms with E-state index in [1.807, 2.05) is 42.5 Å². The Bertz CT molecular complexity index is 1140. The molecule has 0 aliphatic carbocycles. The van der Waals surface area contributed by atoms with Gasteiger partial charge in [-0.15, -0.1) is 4.91 Å². The molecule has 0 radical (unpaired) electrons. The van der Waals surface area contributed by atoms with Crippen LogP contribution in [0.3, 0.4) is 0 Å². The van der Waals surface area contributed by atoms with E-state index in [0.717, 1.165) is 11.3 Å². The van der Waals surface area contributed by atoms with Gasteiger partial charge in [-0.05, 0) is 24.3 Å². The Morgan fingerprint density at radius 3 is 2.48 bits per heavy atom. The summed E-state index contributed by atoms with van der Waals surface area (Å²) < 4.78 is 1.46. The summed E-state index contributed by atoms with van der Waals surface area (Å²) in [6.07, 6.45) is 0. The molecule has 0 aliphatic rings. The maximum atomic E-state index is 11.6. The maximum Gasteiger partial charge on any atom is 0.336 e. The van der Waals surface area contributed by atoms with E-state index in [1.54, 1.807) is 18.2 Å². The van der Waals surface area contributed by atoms with Crippen molar-refractivity contribution in [1.82, 2.24) is 14.6 Å². The number of para-hydroxylation sites is 1. The molecule has 0 aliphatic heterocycles. The number of aromatic nitrogens is 3. The number of anilines is 2.